The number of rotatable bonds is 6. The maximum Gasteiger partial charge on any atom is 0.224 e. The molecular formula is C21H37N5O. The lowest BCUT2D eigenvalue weighted by molar-refractivity contribution is -0.127. The van der Waals surface area contributed by atoms with Crippen LogP contribution in [0.3, 0.4) is 0 Å². The zero-order valence-electron chi connectivity index (χ0n) is 17.6. The molecule has 3 heterocycles. The van der Waals surface area contributed by atoms with E-state index in [0.717, 1.165) is 43.9 Å². The number of nitrogens with one attached hydrogen (secondary N) is 1. The molecule has 0 spiro atoms. The fraction of sp³-hybridized carbons (Fsp3) is 0.810. The Bertz CT molecular complexity index is 618. The Balaban J connectivity index is 1.43. The molecule has 2 fully saturated rings. The van der Waals surface area contributed by atoms with Crippen molar-refractivity contribution in [3.05, 3.63) is 17.5 Å². The molecule has 0 bridgehead atoms. The third-order valence-electron chi connectivity index (χ3n) is 6.30. The Labute approximate surface area is 164 Å². The van der Waals surface area contributed by atoms with Gasteiger partial charge in [0.05, 0.1) is 18.2 Å². The lowest BCUT2D eigenvalue weighted by Gasteiger charge is -2.43. The molecule has 6 nitrogen and oxygen atoms in total. The van der Waals surface area contributed by atoms with Crippen molar-refractivity contribution in [1.82, 2.24) is 24.9 Å². The van der Waals surface area contributed by atoms with Crippen LogP contribution in [0, 0.1) is 19.8 Å². The van der Waals surface area contributed by atoms with Gasteiger partial charge in [-0.1, -0.05) is 0 Å². The molecule has 3 rings (SSSR count). The van der Waals surface area contributed by atoms with Gasteiger partial charge in [-0.3, -0.25) is 14.4 Å². The van der Waals surface area contributed by atoms with Crippen LogP contribution in [-0.4, -0.2) is 70.3 Å². The summed E-state index contributed by atoms with van der Waals surface area (Å²) in [6.07, 6.45) is 4.64. The number of likely N-dealkylation sites (tertiary alicyclic amines) is 2. The third kappa shape index (κ3) is 5.32. The van der Waals surface area contributed by atoms with E-state index in [0.29, 0.717) is 18.6 Å². The Morgan fingerprint density at radius 2 is 1.96 bits per heavy atom. The van der Waals surface area contributed by atoms with Gasteiger partial charge in [-0.2, -0.15) is 5.10 Å². The van der Waals surface area contributed by atoms with E-state index >= 15 is 0 Å². The minimum atomic E-state index is 0.141. The van der Waals surface area contributed by atoms with Gasteiger partial charge in [0.25, 0.3) is 0 Å². The predicted molar refractivity (Wildman–Crippen MR) is 109 cm³/mol. The van der Waals surface area contributed by atoms with E-state index in [9.17, 15) is 4.79 Å². The monoisotopic (exact) mass is 375 g/mol. The minimum Gasteiger partial charge on any atom is -0.354 e. The van der Waals surface area contributed by atoms with E-state index in [-0.39, 0.29) is 11.8 Å². The number of nitrogens with zero attached hydrogens (tertiary/aromatic N) is 4. The van der Waals surface area contributed by atoms with E-state index in [1.165, 1.54) is 25.9 Å². The van der Waals surface area contributed by atoms with Gasteiger partial charge >= 0.3 is 0 Å². The second-order valence-corrected chi connectivity index (χ2v) is 8.64. The summed E-state index contributed by atoms with van der Waals surface area (Å²) < 4.78 is 1.98. The molecule has 0 aromatic carbocycles. The molecule has 1 aromatic heterocycles. The Kier molecular flexibility index (Phi) is 6.93. The van der Waals surface area contributed by atoms with E-state index in [2.05, 4.69) is 47.1 Å². The molecule has 27 heavy (non-hydrogen) atoms. The highest BCUT2D eigenvalue weighted by molar-refractivity contribution is 5.78. The van der Waals surface area contributed by atoms with Gasteiger partial charge in [-0.15, -0.1) is 0 Å². The molecule has 0 saturated carbocycles. The number of amides is 1. The van der Waals surface area contributed by atoms with Crippen molar-refractivity contribution in [3.8, 4) is 0 Å². The highest BCUT2D eigenvalue weighted by atomic mass is 16.1. The van der Waals surface area contributed by atoms with Crippen LogP contribution >= 0.6 is 0 Å². The van der Waals surface area contributed by atoms with Gasteiger partial charge in [-0.25, -0.2) is 0 Å². The summed E-state index contributed by atoms with van der Waals surface area (Å²) in [5.74, 6) is 0.364. The van der Waals surface area contributed by atoms with Crippen LogP contribution in [0.25, 0.3) is 0 Å². The third-order valence-corrected chi connectivity index (χ3v) is 6.30. The van der Waals surface area contributed by atoms with Crippen LogP contribution in [0.15, 0.2) is 6.07 Å². The van der Waals surface area contributed by atoms with Crippen molar-refractivity contribution in [2.45, 2.75) is 72.0 Å². The molecule has 152 valence electrons. The fourth-order valence-electron chi connectivity index (χ4n) is 4.65. The standard InChI is InChI=1S/C21H37N5O/c1-16(2)24-11-7-20(8-12-24)25-10-5-6-19(15-25)21(27)22-9-13-26-18(4)14-17(3)23-26/h14,16,19-20H,5-13,15H2,1-4H3,(H,22,27). The zero-order valence-corrected chi connectivity index (χ0v) is 17.6. The Morgan fingerprint density at radius 3 is 2.59 bits per heavy atom. The van der Waals surface area contributed by atoms with E-state index in [1.807, 2.05) is 11.6 Å². The number of hydrogen-bond acceptors (Lipinski definition) is 4. The summed E-state index contributed by atoms with van der Waals surface area (Å²) >= 11 is 0. The van der Waals surface area contributed by atoms with E-state index < -0.39 is 0 Å². The van der Waals surface area contributed by atoms with Gasteiger partial charge in [0.1, 0.15) is 0 Å². The highest BCUT2D eigenvalue weighted by Crippen LogP contribution is 2.24. The number of aromatic nitrogens is 2. The van der Waals surface area contributed by atoms with Gasteiger partial charge in [-0.05, 0) is 79.1 Å². The first-order valence-electron chi connectivity index (χ1n) is 10.7. The number of carbonyl (C=O) groups excluding carboxylic acids is 1. The lowest BCUT2D eigenvalue weighted by Crippen LogP contribution is -2.51. The summed E-state index contributed by atoms with van der Waals surface area (Å²) in [6, 6.07) is 3.38. The summed E-state index contributed by atoms with van der Waals surface area (Å²) in [4.78, 5) is 17.8. The fourth-order valence-corrected chi connectivity index (χ4v) is 4.65. The van der Waals surface area contributed by atoms with Crippen molar-refractivity contribution in [1.29, 1.82) is 0 Å². The van der Waals surface area contributed by atoms with Crippen molar-refractivity contribution < 1.29 is 4.79 Å². The maximum absolute atomic E-state index is 12.7. The van der Waals surface area contributed by atoms with E-state index in [4.69, 9.17) is 0 Å². The van der Waals surface area contributed by atoms with Gasteiger partial charge in [0, 0.05) is 30.9 Å². The quantitative estimate of drug-likeness (QED) is 0.828. The van der Waals surface area contributed by atoms with Crippen LogP contribution < -0.4 is 5.32 Å². The number of hydrogen-bond donors (Lipinski definition) is 1. The normalized spacial score (nSPS) is 23.1. The topological polar surface area (TPSA) is 53.4 Å². The Hall–Kier alpha value is -1.40. The van der Waals surface area contributed by atoms with Crippen LogP contribution in [0.5, 0.6) is 0 Å². The molecule has 1 N–H and O–H groups in total. The average molecular weight is 376 g/mol. The second kappa shape index (κ2) is 9.20. The van der Waals surface area contributed by atoms with Crippen molar-refractivity contribution in [2.24, 2.45) is 5.92 Å². The molecule has 1 aromatic rings. The molecule has 6 heteroatoms. The first-order chi connectivity index (χ1) is 12.9. The van der Waals surface area contributed by atoms with Gasteiger partial charge in [0.2, 0.25) is 5.91 Å². The molecule has 0 aliphatic carbocycles. The number of piperidine rings is 2. The van der Waals surface area contributed by atoms with E-state index in [1.54, 1.807) is 0 Å². The highest BCUT2D eigenvalue weighted by Gasteiger charge is 2.31. The zero-order chi connectivity index (χ0) is 19.4. The van der Waals surface area contributed by atoms with Gasteiger partial charge < -0.3 is 10.2 Å². The SMILES string of the molecule is Cc1cc(C)n(CCNC(=O)C2CCCN(C3CCN(C(C)C)CC3)C2)n1. The largest absolute Gasteiger partial charge is 0.354 e. The molecule has 2 saturated heterocycles. The van der Waals surface area contributed by atoms with Crippen LogP contribution in [-0.2, 0) is 11.3 Å². The lowest BCUT2D eigenvalue weighted by atomic mass is 9.93. The predicted octanol–water partition coefficient (Wildman–Crippen LogP) is 2.20. The van der Waals surface area contributed by atoms with Crippen molar-refractivity contribution in [2.75, 3.05) is 32.7 Å². The Morgan fingerprint density at radius 1 is 1.22 bits per heavy atom. The second-order valence-electron chi connectivity index (χ2n) is 8.64. The van der Waals surface area contributed by atoms with Gasteiger partial charge in [0.15, 0.2) is 0 Å². The molecule has 2 aliphatic rings. The van der Waals surface area contributed by atoms with Crippen LogP contribution in [0.2, 0.25) is 0 Å². The van der Waals surface area contributed by atoms with Crippen LogP contribution in [0.1, 0.15) is 50.9 Å². The van der Waals surface area contributed by atoms with Crippen molar-refractivity contribution in [3.63, 3.8) is 0 Å². The summed E-state index contributed by atoms with van der Waals surface area (Å²) in [5.41, 5.74) is 2.18. The molecule has 1 amide bonds. The number of carbonyl (C=O) groups is 1. The molecule has 0 radical (unpaired) electrons. The summed E-state index contributed by atoms with van der Waals surface area (Å²) in [5, 5.41) is 7.61. The minimum absolute atomic E-state index is 0.141. The maximum atomic E-state index is 12.7. The number of aryl methyl sites for hydroxylation is 2. The summed E-state index contributed by atoms with van der Waals surface area (Å²) in [6.45, 7) is 14.5. The van der Waals surface area contributed by atoms with Crippen molar-refractivity contribution >= 4 is 5.91 Å². The first-order valence-corrected chi connectivity index (χ1v) is 10.7. The smallest absolute Gasteiger partial charge is 0.224 e. The molecule has 1 unspecified atom stereocenters. The molecule has 2 aliphatic heterocycles. The summed E-state index contributed by atoms with van der Waals surface area (Å²) in [7, 11) is 0. The molecule has 1 atom stereocenters. The first kappa shape index (κ1) is 20.3. The average Bonchev–Trinajstić information content (AvgIpc) is 2.99. The molecular weight excluding hydrogens is 338 g/mol. The van der Waals surface area contributed by atoms with Crippen LogP contribution in [0.4, 0.5) is 0 Å².